The van der Waals surface area contributed by atoms with Crippen LogP contribution in [0.15, 0.2) is 167 Å². The molecular weight excluding hydrogens is 617 g/mol. The summed E-state index contributed by atoms with van der Waals surface area (Å²) in [5.74, 6) is 2.02. The van der Waals surface area contributed by atoms with E-state index in [1.807, 2.05) is 84.9 Å². The highest BCUT2D eigenvalue weighted by atomic mass is 19.4. The fraction of sp³-hybridized carbons (Fsp3) is 0.0465. The molecule has 1 spiro atoms. The number of aliphatic imine (C=N–C) groups is 2. The molecule has 9 rings (SSSR count). The van der Waals surface area contributed by atoms with Crippen molar-refractivity contribution in [1.29, 1.82) is 0 Å². The van der Waals surface area contributed by atoms with Crippen LogP contribution in [-0.2, 0) is 11.6 Å². The molecule has 0 saturated carbocycles. The van der Waals surface area contributed by atoms with Crippen LogP contribution in [-0.4, -0.2) is 11.5 Å². The van der Waals surface area contributed by atoms with Crippen LogP contribution in [0, 0.1) is 0 Å². The van der Waals surface area contributed by atoms with Crippen molar-refractivity contribution in [2.75, 3.05) is 0 Å². The number of halogens is 3. The molecule has 2 aliphatic heterocycles. The van der Waals surface area contributed by atoms with Crippen LogP contribution in [0.1, 0.15) is 44.5 Å². The van der Waals surface area contributed by atoms with Crippen LogP contribution in [0.4, 0.5) is 13.2 Å². The van der Waals surface area contributed by atoms with Crippen LogP contribution < -0.4 is 4.74 Å². The molecule has 3 nitrogen and oxygen atoms in total. The first kappa shape index (κ1) is 29.0. The van der Waals surface area contributed by atoms with Gasteiger partial charge in [-0.15, -0.1) is 0 Å². The van der Waals surface area contributed by atoms with E-state index in [0.29, 0.717) is 22.8 Å². The van der Waals surface area contributed by atoms with E-state index in [1.54, 1.807) is 6.08 Å². The number of para-hydroxylation sites is 2. The summed E-state index contributed by atoms with van der Waals surface area (Å²) in [7, 11) is 0. The molecule has 0 saturated heterocycles. The van der Waals surface area contributed by atoms with Gasteiger partial charge in [0.2, 0.25) is 0 Å². The number of fused-ring (bicyclic) bond motifs is 9. The molecule has 3 aliphatic rings. The quantitative estimate of drug-likeness (QED) is 0.177. The van der Waals surface area contributed by atoms with Gasteiger partial charge < -0.3 is 4.74 Å². The summed E-state index contributed by atoms with van der Waals surface area (Å²) >= 11 is 0. The van der Waals surface area contributed by atoms with E-state index in [2.05, 4.69) is 42.1 Å². The third-order valence-corrected chi connectivity index (χ3v) is 9.46. The number of ether oxygens (including phenoxy) is 1. The molecule has 0 N–H and O–H groups in total. The minimum Gasteiger partial charge on any atom is -0.457 e. The SMILES string of the molecule is FC(F)(F)c1ccc(C2=NC(c3cccc4c3-c3ccccc3C43c4ccccc4Oc4ccccc43)=NC(c3ccccc3)=C=C2)cc1. The highest BCUT2D eigenvalue weighted by molar-refractivity contribution is 6.20. The maximum absolute atomic E-state index is 13.5. The third kappa shape index (κ3) is 4.46. The summed E-state index contributed by atoms with van der Waals surface area (Å²) in [6, 6.07) is 45.7. The van der Waals surface area contributed by atoms with E-state index >= 15 is 0 Å². The van der Waals surface area contributed by atoms with Gasteiger partial charge in [-0.25, -0.2) is 9.98 Å². The van der Waals surface area contributed by atoms with Crippen LogP contribution in [0.2, 0.25) is 0 Å². The number of allylic oxidation sites excluding steroid dienone is 1. The molecule has 0 atom stereocenters. The van der Waals surface area contributed by atoms with Gasteiger partial charge in [0.25, 0.3) is 0 Å². The topological polar surface area (TPSA) is 34.0 Å². The number of benzene rings is 6. The minimum atomic E-state index is -4.44. The molecule has 0 radical (unpaired) electrons. The molecule has 0 fully saturated rings. The number of hydrogen-bond donors (Lipinski definition) is 0. The molecule has 234 valence electrons. The summed E-state index contributed by atoms with van der Waals surface area (Å²) in [5, 5.41) is 0. The minimum absolute atomic E-state index is 0.437. The highest BCUT2D eigenvalue weighted by Crippen LogP contribution is 2.62. The predicted octanol–water partition coefficient (Wildman–Crippen LogP) is 10.6. The van der Waals surface area contributed by atoms with Crippen LogP contribution in [0.5, 0.6) is 11.5 Å². The number of alkyl halides is 3. The van der Waals surface area contributed by atoms with Crippen molar-refractivity contribution in [3.8, 4) is 22.6 Å². The zero-order valence-corrected chi connectivity index (χ0v) is 25.9. The zero-order chi connectivity index (χ0) is 33.2. The van der Waals surface area contributed by atoms with Gasteiger partial charge in [-0.1, -0.05) is 127 Å². The first-order chi connectivity index (χ1) is 23.9. The second-order valence-electron chi connectivity index (χ2n) is 12.1. The summed E-state index contributed by atoms with van der Waals surface area (Å²) in [4.78, 5) is 10.2. The second kappa shape index (κ2) is 10.9. The van der Waals surface area contributed by atoms with E-state index < -0.39 is 17.2 Å². The molecule has 0 aromatic heterocycles. The normalized spacial score (nSPS) is 15.1. The molecular formula is C43H25F3N2O. The van der Waals surface area contributed by atoms with Crippen molar-refractivity contribution in [2.45, 2.75) is 11.6 Å². The Labute approximate surface area is 280 Å². The van der Waals surface area contributed by atoms with Gasteiger partial charge in [0.1, 0.15) is 17.2 Å². The van der Waals surface area contributed by atoms with Crippen molar-refractivity contribution < 1.29 is 17.9 Å². The van der Waals surface area contributed by atoms with Gasteiger partial charge in [0, 0.05) is 33.9 Å². The maximum Gasteiger partial charge on any atom is 0.416 e. The monoisotopic (exact) mass is 642 g/mol. The summed E-state index contributed by atoms with van der Waals surface area (Å²) < 4.78 is 46.8. The Bertz CT molecular complexity index is 2390. The molecule has 1 aliphatic carbocycles. The number of rotatable bonds is 3. The average molecular weight is 643 g/mol. The van der Waals surface area contributed by atoms with Crippen molar-refractivity contribution in [2.24, 2.45) is 9.98 Å². The lowest BCUT2D eigenvalue weighted by molar-refractivity contribution is -0.137. The lowest BCUT2D eigenvalue weighted by Crippen LogP contribution is -2.32. The molecule has 2 heterocycles. The molecule has 49 heavy (non-hydrogen) atoms. The molecule has 0 bridgehead atoms. The van der Waals surface area contributed by atoms with Gasteiger partial charge in [-0.2, -0.15) is 13.2 Å². The largest absolute Gasteiger partial charge is 0.457 e. The Kier molecular flexibility index (Phi) is 6.45. The highest BCUT2D eigenvalue weighted by Gasteiger charge is 2.51. The maximum atomic E-state index is 13.5. The summed E-state index contributed by atoms with van der Waals surface area (Å²) in [6.07, 6.45) is -2.74. The Morgan fingerprint density at radius 1 is 0.531 bits per heavy atom. The van der Waals surface area contributed by atoms with Crippen LogP contribution in [0.3, 0.4) is 0 Å². The van der Waals surface area contributed by atoms with Crippen molar-refractivity contribution in [3.63, 3.8) is 0 Å². The van der Waals surface area contributed by atoms with Crippen molar-refractivity contribution in [1.82, 2.24) is 0 Å². The molecule has 0 unspecified atom stereocenters. The molecule has 6 aromatic carbocycles. The van der Waals surface area contributed by atoms with Crippen LogP contribution >= 0.6 is 0 Å². The fourth-order valence-corrected chi connectivity index (χ4v) is 7.38. The molecule has 6 heteroatoms. The van der Waals surface area contributed by atoms with Crippen molar-refractivity contribution >= 4 is 17.2 Å². The number of hydrogen-bond acceptors (Lipinski definition) is 3. The Morgan fingerprint density at radius 2 is 1.12 bits per heavy atom. The van der Waals surface area contributed by atoms with Gasteiger partial charge in [-0.3, -0.25) is 0 Å². The van der Waals surface area contributed by atoms with Gasteiger partial charge >= 0.3 is 6.18 Å². The average Bonchev–Trinajstić information content (AvgIpc) is 3.26. The van der Waals surface area contributed by atoms with E-state index in [0.717, 1.165) is 68.1 Å². The standard InChI is InChI=1S/C43H25F3N2O/c44-43(45,46)29-23-21-28(22-24-29)37-26-25-36(27-11-2-1-3-12-27)47-41(48-37)31-14-10-18-35-40(31)30-13-4-5-15-32(30)42(35)33-16-6-8-19-38(33)49-39-20-9-7-17-34(39)42/h1-24,26H. The number of nitrogens with zero attached hydrogens (tertiary/aromatic N) is 2. The fourth-order valence-electron chi connectivity index (χ4n) is 7.38. The van der Waals surface area contributed by atoms with E-state index in [9.17, 15) is 13.2 Å². The third-order valence-electron chi connectivity index (χ3n) is 9.46. The van der Waals surface area contributed by atoms with E-state index in [-0.39, 0.29) is 0 Å². The van der Waals surface area contributed by atoms with E-state index in [4.69, 9.17) is 14.7 Å². The molecule has 6 aromatic rings. The Morgan fingerprint density at radius 3 is 1.82 bits per heavy atom. The second-order valence-corrected chi connectivity index (χ2v) is 12.1. The summed E-state index contributed by atoms with van der Waals surface area (Å²) in [5.41, 5.74) is 11.4. The lowest BCUT2D eigenvalue weighted by Gasteiger charge is -2.39. The first-order valence-electron chi connectivity index (χ1n) is 15.9. The van der Waals surface area contributed by atoms with Gasteiger partial charge in [0.05, 0.1) is 16.7 Å². The van der Waals surface area contributed by atoms with Crippen molar-refractivity contribution in [3.05, 3.63) is 202 Å². The Hall–Kier alpha value is -6.23. The summed E-state index contributed by atoms with van der Waals surface area (Å²) in [6.45, 7) is 0. The number of amidine groups is 1. The van der Waals surface area contributed by atoms with Gasteiger partial charge in [0.15, 0.2) is 5.84 Å². The zero-order valence-electron chi connectivity index (χ0n) is 25.9. The van der Waals surface area contributed by atoms with Gasteiger partial charge in [-0.05, 0) is 46.5 Å². The van der Waals surface area contributed by atoms with E-state index in [1.165, 1.54) is 12.1 Å². The first-order valence-corrected chi connectivity index (χ1v) is 15.9. The molecule has 0 amide bonds. The smallest absolute Gasteiger partial charge is 0.416 e. The Balaban J connectivity index is 1.32. The van der Waals surface area contributed by atoms with Crippen LogP contribution in [0.25, 0.3) is 16.8 Å². The lowest BCUT2D eigenvalue weighted by atomic mass is 9.66. The predicted molar refractivity (Wildman–Crippen MR) is 186 cm³/mol.